The van der Waals surface area contributed by atoms with Crippen LogP contribution in [0.5, 0.6) is 0 Å². The third-order valence-corrected chi connectivity index (χ3v) is 8.17. The van der Waals surface area contributed by atoms with Gasteiger partial charge in [0.15, 0.2) is 5.69 Å². The van der Waals surface area contributed by atoms with Crippen molar-refractivity contribution in [1.29, 1.82) is 0 Å². The summed E-state index contributed by atoms with van der Waals surface area (Å²) in [6, 6.07) is 10.3. The van der Waals surface area contributed by atoms with Crippen molar-refractivity contribution < 1.29 is 14.0 Å². The Kier molecular flexibility index (Phi) is 6.50. The molecule has 2 aromatic heterocycles. The maximum absolute atomic E-state index is 14.5. The van der Waals surface area contributed by atoms with E-state index < -0.39 is 0 Å². The van der Waals surface area contributed by atoms with Crippen LogP contribution < -0.4 is 0 Å². The molecular formula is C26H29FN4O2S. The van der Waals surface area contributed by atoms with Crippen molar-refractivity contribution >= 4 is 23.2 Å². The highest BCUT2D eigenvalue weighted by molar-refractivity contribution is 7.12. The quantitative estimate of drug-likeness (QED) is 0.571. The van der Waals surface area contributed by atoms with E-state index >= 15 is 0 Å². The lowest BCUT2D eigenvalue weighted by molar-refractivity contribution is 0.0520. The van der Waals surface area contributed by atoms with Gasteiger partial charge in [0.2, 0.25) is 0 Å². The lowest BCUT2D eigenvalue weighted by Crippen LogP contribution is -2.48. The number of piperidine rings is 1. The second-order valence-electron chi connectivity index (χ2n) is 9.27. The maximum atomic E-state index is 14.5. The molecule has 3 heterocycles. The highest BCUT2D eigenvalue weighted by Gasteiger charge is 2.35. The molecule has 1 N–H and O–H groups in total. The average Bonchev–Trinajstić information content (AvgIpc) is 3.61. The van der Waals surface area contributed by atoms with Crippen LogP contribution in [0.2, 0.25) is 0 Å². The van der Waals surface area contributed by atoms with Gasteiger partial charge in [0.25, 0.3) is 11.8 Å². The van der Waals surface area contributed by atoms with E-state index in [-0.39, 0.29) is 29.6 Å². The van der Waals surface area contributed by atoms with Gasteiger partial charge in [-0.25, -0.2) is 4.39 Å². The minimum atomic E-state index is -0.246. The summed E-state index contributed by atoms with van der Waals surface area (Å²) < 4.78 is 14.5. The van der Waals surface area contributed by atoms with E-state index in [0.717, 1.165) is 43.4 Å². The Labute approximate surface area is 202 Å². The first-order chi connectivity index (χ1) is 16.5. The van der Waals surface area contributed by atoms with Gasteiger partial charge < -0.3 is 9.80 Å². The van der Waals surface area contributed by atoms with E-state index in [1.54, 1.807) is 17.0 Å². The standard InChI is InChI=1S/C26H29FN4O2S/c1-30(25(32)23-10-5-15-34-23)22(16-18-6-2-3-8-20(18)27)17-11-13-31(14-12-17)26(33)24-19-7-4-9-21(19)28-29-24/h2-3,5-6,8,10,15,17,22H,4,7,9,11-14,16H2,1H3,(H,28,29)/t22-/m1/s1. The van der Waals surface area contributed by atoms with Crippen molar-refractivity contribution in [3.8, 4) is 0 Å². The molecule has 5 rings (SSSR count). The summed E-state index contributed by atoms with van der Waals surface area (Å²) in [6.07, 6.45) is 4.91. The molecule has 2 aliphatic rings. The molecular weight excluding hydrogens is 451 g/mol. The van der Waals surface area contributed by atoms with Crippen LogP contribution in [0.15, 0.2) is 41.8 Å². The van der Waals surface area contributed by atoms with Crippen LogP contribution in [-0.2, 0) is 19.3 Å². The third-order valence-electron chi connectivity index (χ3n) is 7.32. The fourth-order valence-corrected chi connectivity index (χ4v) is 6.07. The molecule has 1 aliphatic carbocycles. The lowest BCUT2D eigenvalue weighted by atomic mass is 9.84. The van der Waals surface area contributed by atoms with Gasteiger partial charge in [-0.2, -0.15) is 5.10 Å². The average molecular weight is 481 g/mol. The fourth-order valence-electron chi connectivity index (χ4n) is 5.37. The first-order valence-corrected chi connectivity index (χ1v) is 12.8. The number of halogens is 1. The number of aromatic nitrogens is 2. The lowest BCUT2D eigenvalue weighted by Gasteiger charge is -2.40. The van der Waals surface area contributed by atoms with Crippen molar-refractivity contribution in [2.75, 3.05) is 20.1 Å². The van der Waals surface area contributed by atoms with Gasteiger partial charge >= 0.3 is 0 Å². The van der Waals surface area contributed by atoms with Crippen LogP contribution in [0, 0.1) is 11.7 Å². The zero-order valence-corrected chi connectivity index (χ0v) is 20.1. The Morgan fingerprint density at radius 2 is 2.00 bits per heavy atom. The van der Waals surface area contributed by atoms with Gasteiger partial charge in [-0.3, -0.25) is 14.7 Å². The summed E-state index contributed by atoms with van der Waals surface area (Å²) in [4.78, 5) is 30.7. The Morgan fingerprint density at radius 1 is 1.21 bits per heavy atom. The molecule has 1 aromatic carbocycles. The van der Waals surface area contributed by atoms with Gasteiger partial charge in [0.1, 0.15) is 5.82 Å². The molecule has 178 valence electrons. The fraction of sp³-hybridized carbons (Fsp3) is 0.423. The summed E-state index contributed by atoms with van der Waals surface area (Å²) in [5.41, 5.74) is 3.35. The van der Waals surface area contributed by atoms with Crippen molar-refractivity contribution in [1.82, 2.24) is 20.0 Å². The molecule has 2 amide bonds. The summed E-state index contributed by atoms with van der Waals surface area (Å²) in [6.45, 7) is 1.22. The summed E-state index contributed by atoms with van der Waals surface area (Å²) in [5, 5.41) is 9.22. The highest BCUT2D eigenvalue weighted by Crippen LogP contribution is 2.30. The van der Waals surface area contributed by atoms with Gasteiger partial charge in [-0.05, 0) is 67.5 Å². The number of aromatic amines is 1. The number of fused-ring (bicyclic) bond motifs is 1. The Bertz CT molecular complexity index is 1170. The smallest absolute Gasteiger partial charge is 0.274 e. The second-order valence-corrected chi connectivity index (χ2v) is 10.2. The molecule has 0 saturated carbocycles. The second kappa shape index (κ2) is 9.70. The number of amides is 2. The zero-order valence-electron chi connectivity index (χ0n) is 19.3. The number of nitrogens with zero attached hydrogens (tertiary/aromatic N) is 3. The number of aryl methyl sites for hydroxylation is 1. The number of likely N-dealkylation sites (N-methyl/N-ethyl adjacent to an activating group) is 1. The predicted octanol–water partition coefficient (Wildman–Crippen LogP) is 4.33. The topological polar surface area (TPSA) is 69.3 Å². The number of benzene rings is 1. The largest absolute Gasteiger partial charge is 0.337 e. The van der Waals surface area contributed by atoms with Crippen molar-refractivity contribution in [3.05, 3.63) is 75.0 Å². The van der Waals surface area contributed by atoms with Crippen molar-refractivity contribution in [2.45, 2.75) is 44.6 Å². The Morgan fingerprint density at radius 3 is 2.74 bits per heavy atom. The molecule has 0 bridgehead atoms. The van der Waals surface area contributed by atoms with E-state index in [1.807, 2.05) is 35.5 Å². The molecule has 1 aliphatic heterocycles. The van der Waals surface area contributed by atoms with Crippen LogP contribution in [0.25, 0.3) is 0 Å². The number of hydrogen-bond acceptors (Lipinski definition) is 4. The Hall–Kier alpha value is -3.00. The summed E-state index contributed by atoms with van der Waals surface area (Å²) in [5.74, 6) is -0.125. The molecule has 1 saturated heterocycles. The summed E-state index contributed by atoms with van der Waals surface area (Å²) in [7, 11) is 1.82. The Balaban J connectivity index is 1.32. The zero-order chi connectivity index (χ0) is 23.7. The van der Waals surface area contributed by atoms with Crippen LogP contribution in [0.3, 0.4) is 0 Å². The van der Waals surface area contributed by atoms with Crippen molar-refractivity contribution in [3.63, 3.8) is 0 Å². The molecule has 0 spiro atoms. The molecule has 3 aromatic rings. The van der Waals surface area contributed by atoms with Crippen LogP contribution in [0.4, 0.5) is 4.39 Å². The number of hydrogen-bond donors (Lipinski definition) is 1. The van der Waals surface area contributed by atoms with Gasteiger partial charge in [0, 0.05) is 37.4 Å². The monoisotopic (exact) mass is 480 g/mol. The van der Waals surface area contributed by atoms with Crippen LogP contribution in [-0.4, -0.2) is 58.0 Å². The SMILES string of the molecule is CN(C(=O)c1cccs1)[C@H](Cc1ccccc1F)C1CCN(C(=O)c2n[nH]c3c2CCC3)CC1. The van der Waals surface area contributed by atoms with Crippen molar-refractivity contribution in [2.24, 2.45) is 5.92 Å². The molecule has 1 fully saturated rings. The molecule has 0 radical (unpaired) electrons. The predicted molar refractivity (Wildman–Crippen MR) is 130 cm³/mol. The summed E-state index contributed by atoms with van der Waals surface area (Å²) >= 11 is 1.42. The van der Waals surface area contributed by atoms with E-state index in [0.29, 0.717) is 35.6 Å². The normalized spacial score (nSPS) is 16.9. The van der Waals surface area contributed by atoms with E-state index in [9.17, 15) is 14.0 Å². The molecule has 6 nitrogen and oxygen atoms in total. The van der Waals surface area contributed by atoms with Gasteiger partial charge in [-0.1, -0.05) is 24.3 Å². The number of thiophene rings is 1. The molecule has 34 heavy (non-hydrogen) atoms. The van der Waals surface area contributed by atoms with E-state index in [2.05, 4.69) is 10.2 Å². The van der Waals surface area contributed by atoms with E-state index in [4.69, 9.17) is 0 Å². The maximum Gasteiger partial charge on any atom is 0.274 e. The minimum Gasteiger partial charge on any atom is -0.337 e. The minimum absolute atomic E-state index is 0.00785. The number of rotatable bonds is 6. The van der Waals surface area contributed by atoms with Crippen LogP contribution >= 0.6 is 11.3 Å². The number of nitrogens with one attached hydrogen (secondary N) is 1. The highest BCUT2D eigenvalue weighted by atomic mass is 32.1. The number of carbonyl (C=O) groups excluding carboxylic acids is 2. The number of likely N-dealkylation sites (tertiary alicyclic amines) is 1. The van der Waals surface area contributed by atoms with Gasteiger partial charge in [0.05, 0.1) is 4.88 Å². The third kappa shape index (κ3) is 4.39. The first kappa shape index (κ1) is 22.8. The van der Waals surface area contributed by atoms with Crippen LogP contribution in [0.1, 0.15) is 56.2 Å². The molecule has 0 unspecified atom stereocenters. The molecule has 8 heteroatoms. The number of carbonyl (C=O) groups is 2. The molecule has 1 atom stereocenters. The van der Waals surface area contributed by atoms with E-state index in [1.165, 1.54) is 17.4 Å². The van der Waals surface area contributed by atoms with Gasteiger partial charge in [-0.15, -0.1) is 11.3 Å². The first-order valence-electron chi connectivity index (χ1n) is 11.9. The number of H-pyrrole nitrogens is 1.